The van der Waals surface area contributed by atoms with Crippen molar-refractivity contribution in [2.45, 2.75) is 38.3 Å². The van der Waals surface area contributed by atoms with Gasteiger partial charge in [0.05, 0.1) is 29.9 Å². The van der Waals surface area contributed by atoms with Gasteiger partial charge in [-0.25, -0.2) is 23.3 Å². The van der Waals surface area contributed by atoms with Crippen LogP contribution in [0.2, 0.25) is 5.02 Å². The summed E-state index contributed by atoms with van der Waals surface area (Å²) in [5.74, 6) is -2.19. The van der Waals surface area contributed by atoms with E-state index in [1.807, 2.05) is 13.8 Å². The van der Waals surface area contributed by atoms with Gasteiger partial charge in [-0.1, -0.05) is 42.8 Å². The minimum Gasteiger partial charge on any atom is -0.325 e. The maximum absolute atomic E-state index is 12.5. The fourth-order valence-corrected chi connectivity index (χ4v) is 4.48. The number of rotatable bonds is 11. The standard InChI is InChI=1S/C23H27ClN6O5S/c1-15(2)11-21(23(32)28-33)22(31)26-18-7-3-16(4-8-18)13-30-14-19(27-29-30)12-25-36(34,35)20-9-5-17(24)6-10-20/h3-10,14-15,21,25,33H,11-13H2,1-2H3,(H,26,31)(H,28,32). The Kier molecular flexibility index (Phi) is 9.15. The van der Waals surface area contributed by atoms with Gasteiger partial charge in [0.1, 0.15) is 5.92 Å². The fourth-order valence-electron chi connectivity index (χ4n) is 3.36. The van der Waals surface area contributed by atoms with Crippen molar-refractivity contribution in [3.63, 3.8) is 0 Å². The molecular formula is C23H27ClN6O5S. The normalized spacial score (nSPS) is 12.4. The molecule has 1 heterocycles. The molecule has 0 fully saturated rings. The summed E-state index contributed by atoms with van der Waals surface area (Å²) in [6, 6.07) is 12.8. The van der Waals surface area contributed by atoms with Crippen LogP contribution in [0.3, 0.4) is 0 Å². The maximum atomic E-state index is 12.5. The van der Waals surface area contributed by atoms with Gasteiger partial charge in [0.15, 0.2) is 0 Å². The minimum absolute atomic E-state index is 0.0328. The first-order valence-corrected chi connectivity index (χ1v) is 12.9. The van der Waals surface area contributed by atoms with Crippen LogP contribution in [-0.2, 0) is 32.7 Å². The Morgan fingerprint density at radius 1 is 1.06 bits per heavy atom. The third kappa shape index (κ3) is 7.59. The largest absolute Gasteiger partial charge is 0.325 e. The van der Waals surface area contributed by atoms with E-state index in [0.717, 1.165) is 5.56 Å². The highest BCUT2D eigenvalue weighted by molar-refractivity contribution is 7.89. The first kappa shape index (κ1) is 27.3. The van der Waals surface area contributed by atoms with Crippen molar-refractivity contribution >= 4 is 39.1 Å². The molecule has 2 amide bonds. The SMILES string of the molecule is CC(C)CC(C(=O)NO)C(=O)Nc1ccc(Cn2cc(CNS(=O)(=O)c3ccc(Cl)cc3)nn2)cc1. The smallest absolute Gasteiger partial charge is 0.255 e. The summed E-state index contributed by atoms with van der Waals surface area (Å²) in [6.07, 6.45) is 1.92. The summed E-state index contributed by atoms with van der Waals surface area (Å²) in [7, 11) is -3.72. The molecule has 36 heavy (non-hydrogen) atoms. The van der Waals surface area contributed by atoms with Crippen LogP contribution in [0.15, 0.2) is 59.6 Å². The van der Waals surface area contributed by atoms with E-state index in [9.17, 15) is 18.0 Å². The van der Waals surface area contributed by atoms with Crippen molar-refractivity contribution in [1.29, 1.82) is 0 Å². The molecule has 1 aromatic heterocycles. The predicted molar refractivity (Wildman–Crippen MR) is 133 cm³/mol. The highest BCUT2D eigenvalue weighted by Crippen LogP contribution is 2.17. The Labute approximate surface area is 213 Å². The summed E-state index contributed by atoms with van der Waals surface area (Å²) < 4.78 is 28.8. The third-order valence-electron chi connectivity index (χ3n) is 5.17. The lowest BCUT2D eigenvalue weighted by atomic mass is 9.95. The lowest BCUT2D eigenvalue weighted by molar-refractivity contribution is -0.139. The molecule has 0 spiro atoms. The molecule has 2 aromatic carbocycles. The van der Waals surface area contributed by atoms with Gasteiger partial charge in [0.25, 0.3) is 5.91 Å². The van der Waals surface area contributed by atoms with E-state index in [0.29, 0.717) is 29.4 Å². The second-order valence-corrected chi connectivity index (χ2v) is 10.7. The molecule has 0 bridgehead atoms. The molecule has 0 saturated heterocycles. The summed E-state index contributed by atoms with van der Waals surface area (Å²) in [5, 5.41) is 20.1. The molecule has 4 N–H and O–H groups in total. The van der Waals surface area contributed by atoms with E-state index >= 15 is 0 Å². The Morgan fingerprint density at radius 3 is 2.33 bits per heavy atom. The second-order valence-electron chi connectivity index (χ2n) is 8.53. The molecule has 1 atom stereocenters. The van der Waals surface area contributed by atoms with E-state index in [1.165, 1.54) is 24.3 Å². The third-order valence-corrected chi connectivity index (χ3v) is 6.84. The number of benzene rings is 2. The number of aromatic nitrogens is 3. The highest BCUT2D eigenvalue weighted by atomic mass is 35.5. The molecular weight excluding hydrogens is 508 g/mol. The van der Waals surface area contributed by atoms with Crippen molar-refractivity contribution in [2.75, 3.05) is 5.32 Å². The van der Waals surface area contributed by atoms with E-state index < -0.39 is 27.8 Å². The molecule has 1 unspecified atom stereocenters. The van der Waals surface area contributed by atoms with Crippen LogP contribution in [0.5, 0.6) is 0 Å². The number of anilines is 1. The van der Waals surface area contributed by atoms with Crippen molar-refractivity contribution in [3.8, 4) is 0 Å². The van der Waals surface area contributed by atoms with E-state index in [4.69, 9.17) is 16.8 Å². The maximum Gasteiger partial charge on any atom is 0.255 e. The van der Waals surface area contributed by atoms with Crippen LogP contribution >= 0.6 is 11.6 Å². The number of halogens is 1. The minimum atomic E-state index is -3.72. The van der Waals surface area contributed by atoms with Gasteiger partial charge in [-0.05, 0) is 54.3 Å². The highest BCUT2D eigenvalue weighted by Gasteiger charge is 2.27. The Morgan fingerprint density at radius 2 is 1.72 bits per heavy atom. The molecule has 0 aliphatic rings. The Balaban J connectivity index is 1.56. The van der Waals surface area contributed by atoms with Gasteiger partial charge in [0, 0.05) is 10.7 Å². The molecule has 3 aromatic rings. The number of sulfonamides is 1. The van der Waals surface area contributed by atoms with Crippen LogP contribution in [0, 0.1) is 11.8 Å². The van der Waals surface area contributed by atoms with Gasteiger partial charge in [-0.15, -0.1) is 5.10 Å². The van der Waals surface area contributed by atoms with E-state index in [1.54, 1.807) is 40.6 Å². The van der Waals surface area contributed by atoms with E-state index in [2.05, 4.69) is 20.4 Å². The number of nitrogens with zero attached hydrogens (tertiary/aromatic N) is 3. The quantitative estimate of drug-likeness (QED) is 0.167. The first-order chi connectivity index (χ1) is 17.1. The predicted octanol–water partition coefficient (Wildman–Crippen LogP) is 2.56. The monoisotopic (exact) mass is 534 g/mol. The van der Waals surface area contributed by atoms with Crippen molar-refractivity contribution in [1.82, 2.24) is 25.2 Å². The molecule has 11 nitrogen and oxygen atoms in total. The van der Waals surface area contributed by atoms with E-state index in [-0.39, 0.29) is 17.4 Å². The molecule has 0 aliphatic carbocycles. The molecule has 192 valence electrons. The van der Waals surface area contributed by atoms with Gasteiger partial charge >= 0.3 is 0 Å². The Hall–Kier alpha value is -3.32. The molecule has 0 radical (unpaired) electrons. The molecule has 0 saturated carbocycles. The number of amides is 2. The fraction of sp³-hybridized carbons (Fsp3) is 0.304. The summed E-state index contributed by atoms with van der Waals surface area (Å²) in [5.41, 5.74) is 3.34. The zero-order valence-electron chi connectivity index (χ0n) is 19.7. The van der Waals surface area contributed by atoms with Gasteiger partial charge in [-0.2, -0.15) is 0 Å². The van der Waals surface area contributed by atoms with Crippen LogP contribution in [-0.4, -0.2) is 40.4 Å². The summed E-state index contributed by atoms with van der Waals surface area (Å²) >= 11 is 5.80. The van der Waals surface area contributed by atoms with Gasteiger partial charge in [0.2, 0.25) is 15.9 Å². The molecule has 3 rings (SSSR count). The first-order valence-electron chi connectivity index (χ1n) is 11.1. The topological polar surface area (TPSA) is 155 Å². The van der Waals surface area contributed by atoms with Crippen molar-refractivity contribution in [3.05, 3.63) is 71.0 Å². The number of carbonyl (C=O) groups excluding carboxylic acids is 2. The average molecular weight is 535 g/mol. The Bertz CT molecular complexity index is 1290. The van der Waals surface area contributed by atoms with Gasteiger partial charge < -0.3 is 5.32 Å². The zero-order valence-corrected chi connectivity index (χ0v) is 21.3. The summed E-state index contributed by atoms with van der Waals surface area (Å²) in [4.78, 5) is 24.4. The van der Waals surface area contributed by atoms with Crippen LogP contribution < -0.4 is 15.5 Å². The molecule has 0 aliphatic heterocycles. The van der Waals surface area contributed by atoms with Crippen LogP contribution in [0.1, 0.15) is 31.5 Å². The molecule has 13 heteroatoms. The van der Waals surface area contributed by atoms with Crippen LogP contribution in [0.25, 0.3) is 0 Å². The zero-order chi connectivity index (χ0) is 26.3. The lowest BCUT2D eigenvalue weighted by Gasteiger charge is -2.17. The number of hydrogen-bond acceptors (Lipinski definition) is 7. The number of hydroxylamine groups is 1. The number of nitrogens with one attached hydrogen (secondary N) is 3. The summed E-state index contributed by atoms with van der Waals surface area (Å²) in [6.45, 7) is 4.09. The van der Waals surface area contributed by atoms with Crippen molar-refractivity contribution < 1.29 is 23.2 Å². The van der Waals surface area contributed by atoms with Crippen LogP contribution in [0.4, 0.5) is 5.69 Å². The van der Waals surface area contributed by atoms with Gasteiger partial charge in [-0.3, -0.25) is 14.8 Å². The second kappa shape index (κ2) is 12.1. The number of carbonyl (C=O) groups is 2. The van der Waals surface area contributed by atoms with Crippen molar-refractivity contribution in [2.24, 2.45) is 11.8 Å². The lowest BCUT2D eigenvalue weighted by Crippen LogP contribution is -2.37. The number of hydrogen-bond donors (Lipinski definition) is 4. The average Bonchev–Trinajstić information content (AvgIpc) is 3.29.